The molecule has 2 aromatic heterocycles. The van der Waals surface area contributed by atoms with Crippen molar-refractivity contribution in [2.75, 3.05) is 6.54 Å². The summed E-state index contributed by atoms with van der Waals surface area (Å²) in [6.45, 7) is 0.971. The van der Waals surface area contributed by atoms with E-state index in [1.165, 1.54) is 0 Å². The number of carbonyl (C=O) groups excluding carboxylic acids is 1. The summed E-state index contributed by atoms with van der Waals surface area (Å²) in [5.74, 6) is 0.710. The molecule has 0 aliphatic rings. The van der Waals surface area contributed by atoms with Crippen molar-refractivity contribution in [1.82, 2.24) is 15.3 Å². The predicted octanol–water partition coefficient (Wildman–Crippen LogP) is 3.67. The van der Waals surface area contributed by atoms with E-state index < -0.39 is 0 Å². The van der Waals surface area contributed by atoms with Gasteiger partial charge in [-0.2, -0.15) is 0 Å². The van der Waals surface area contributed by atoms with Crippen LogP contribution < -0.4 is 10.1 Å². The van der Waals surface area contributed by atoms with Gasteiger partial charge in [-0.3, -0.25) is 9.78 Å². The number of amides is 1. The first kappa shape index (κ1) is 18.4. The second-order valence-corrected chi connectivity index (χ2v) is 6.99. The Morgan fingerprint density at radius 3 is 2.85 bits per heavy atom. The summed E-state index contributed by atoms with van der Waals surface area (Å²) in [6, 6.07) is 11.0. The van der Waals surface area contributed by atoms with Crippen LogP contribution in [0.3, 0.4) is 0 Å². The lowest BCUT2D eigenvalue weighted by molar-refractivity contribution is -0.120. The number of carbonyl (C=O) groups is 1. The summed E-state index contributed by atoms with van der Waals surface area (Å²) >= 11 is 7.39. The number of halogens is 1. The molecule has 0 spiro atoms. The average Bonchev–Trinajstić information content (AvgIpc) is 3.11. The van der Waals surface area contributed by atoms with Crippen molar-refractivity contribution in [3.05, 3.63) is 75.5 Å². The van der Waals surface area contributed by atoms with Gasteiger partial charge in [0.25, 0.3) is 0 Å². The third-order valence-corrected chi connectivity index (χ3v) is 4.70. The lowest BCUT2D eigenvalue weighted by Gasteiger charge is -2.04. The van der Waals surface area contributed by atoms with Crippen molar-refractivity contribution in [3.8, 4) is 5.75 Å². The zero-order valence-corrected chi connectivity index (χ0v) is 15.6. The number of nitrogens with zero attached hydrogens (tertiary/aromatic N) is 2. The van der Waals surface area contributed by atoms with Gasteiger partial charge < -0.3 is 10.1 Å². The molecule has 1 N–H and O–H groups in total. The smallest absolute Gasteiger partial charge is 0.224 e. The standard InChI is InChI=1S/C19H18ClN3O2S/c20-15-5-3-14(4-6-15)10-18(24)22-9-7-16-13-26-19(23-16)12-25-17-2-1-8-21-11-17/h1-6,8,11,13H,7,9-10,12H2,(H,22,24). The predicted molar refractivity (Wildman–Crippen MR) is 103 cm³/mol. The van der Waals surface area contributed by atoms with Crippen LogP contribution in [-0.4, -0.2) is 22.4 Å². The number of nitrogens with one attached hydrogen (secondary N) is 1. The van der Waals surface area contributed by atoms with Crippen LogP contribution in [0.15, 0.2) is 54.2 Å². The Hall–Kier alpha value is -2.44. The van der Waals surface area contributed by atoms with Gasteiger partial charge in [-0.05, 0) is 29.8 Å². The summed E-state index contributed by atoms with van der Waals surface area (Å²) in [5.41, 5.74) is 1.89. The molecule has 3 rings (SSSR count). The van der Waals surface area contributed by atoms with E-state index in [1.54, 1.807) is 35.9 Å². The van der Waals surface area contributed by atoms with Crippen LogP contribution in [0.5, 0.6) is 5.75 Å². The monoisotopic (exact) mass is 387 g/mol. The molecule has 1 amide bonds. The first-order valence-corrected chi connectivity index (χ1v) is 9.42. The van der Waals surface area contributed by atoms with Crippen LogP contribution in [0, 0.1) is 0 Å². The van der Waals surface area contributed by atoms with Gasteiger partial charge in [0.1, 0.15) is 17.4 Å². The lowest BCUT2D eigenvalue weighted by atomic mass is 10.1. The molecule has 1 aromatic carbocycles. The number of aromatic nitrogens is 2. The van der Waals surface area contributed by atoms with E-state index in [4.69, 9.17) is 16.3 Å². The van der Waals surface area contributed by atoms with Gasteiger partial charge in [0.05, 0.1) is 18.3 Å². The minimum Gasteiger partial charge on any atom is -0.485 e. The number of thiazole rings is 1. The van der Waals surface area contributed by atoms with Gasteiger partial charge in [0, 0.05) is 29.6 Å². The molecule has 3 aromatic rings. The maximum Gasteiger partial charge on any atom is 0.224 e. The summed E-state index contributed by atoms with van der Waals surface area (Å²) in [7, 11) is 0. The average molecular weight is 388 g/mol. The fourth-order valence-corrected chi connectivity index (χ4v) is 3.15. The molecule has 0 bridgehead atoms. The first-order chi connectivity index (χ1) is 12.7. The highest BCUT2D eigenvalue weighted by Gasteiger charge is 2.06. The van der Waals surface area contributed by atoms with Crippen molar-refractivity contribution in [2.45, 2.75) is 19.4 Å². The number of pyridine rings is 1. The topological polar surface area (TPSA) is 64.1 Å². The van der Waals surface area contributed by atoms with Crippen molar-refractivity contribution in [3.63, 3.8) is 0 Å². The van der Waals surface area contributed by atoms with Crippen molar-refractivity contribution in [2.24, 2.45) is 0 Å². The van der Waals surface area contributed by atoms with Crippen LogP contribution >= 0.6 is 22.9 Å². The first-order valence-electron chi connectivity index (χ1n) is 8.16. The van der Waals surface area contributed by atoms with E-state index in [9.17, 15) is 4.79 Å². The number of hydrogen-bond donors (Lipinski definition) is 1. The zero-order valence-electron chi connectivity index (χ0n) is 14.0. The lowest BCUT2D eigenvalue weighted by Crippen LogP contribution is -2.27. The Morgan fingerprint density at radius 1 is 1.23 bits per heavy atom. The number of hydrogen-bond acceptors (Lipinski definition) is 5. The molecule has 0 aliphatic carbocycles. The van der Waals surface area contributed by atoms with Gasteiger partial charge in [-0.25, -0.2) is 4.98 Å². The van der Waals surface area contributed by atoms with Crippen LogP contribution in [-0.2, 0) is 24.2 Å². The van der Waals surface area contributed by atoms with Gasteiger partial charge in [0.15, 0.2) is 0 Å². The normalized spacial score (nSPS) is 10.5. The van der Waals surface area contributed by atoms with E-state index in [2.05, 4.69) is 15.3 Å². The summed E-state index contributed by atoms with van der Waals surface area (Å²) < 4.78 is 5.63. The van der Waals surface area contributed by atoms with Crippen LogP contribution in [0.25, 0.3) is 0 Å². The van der Waals surface area contributed by atoms with E-state index >= 15 is 0 Å². The van der Waals surface area contributed by atoms with E-state index in [1.807, 2.05) is 29.6 Å². The highest BCUT2D eigenvalue weighted by molar-refractivity contribution is 7.09. The largest absolute Gasteiger partial charge is 0.485 e. The highest BCUT2D eigenvalue weighted by Crippen LogP contribution is 2.14. The van der Waals surface area contributed by atoms with Gasteiger partial charge >= 0.3 is 0 Å². The molecule has 5 nitrogen and oxygen atoms in total. The summed E-state index contributed by atoms with van der Waals surface area (Å²) in [5, 5.41) is 6.47. The second-order valence-electron chi connectivity index (χ2n) is 5.61. The fraction of sp³-hybridized carbons (Fsp3) is 0.211. The van der Waals surface area contributed by atoms with Gasteiger partial charge in [-0.1, -0.05) is 23.7 Å². The highest BCUT2D eigenvalue weighted by atomic mass is 35.5. The van der Waals surface area contributed by atoms with E-state index in [0.717, 1.165) is 22.0 Å². The molecule has 2 heterocycles. The number of ether oxygens (including phenoxy) is 1. The van der Waals surface area contributed by atoms with Gasteiger partial charge in [-0.15, -0.1) is 11.3 Å². The third kappa shape index (κ3) is 5.82. The minimum atomic E-state index is -0.0114. The fourth-order valence-electron chi connectivity index (χ4n) is 2.29. The molecule has 0 saturated heterocycles. The minimum absolute atomic E-state index is 0.0114. The molecule has 134 valence electrons. The van der Waals surface area contributed by atoms with Crippen LogP contribution in [0.4, 0.5) is 0 Å². The molecule has 0 radical (unpaired) electrons. The molecule has 0 unspecified atom stereocenters. The Kier molecular flexibility index (Phi) is 6.57. The number of benzene rings is 1. The van der Waals surface area contributed by atoms with Crippen LogP contribution in [0.1, 0.15) is 16.3 Å². The van der Waals surface area contributed by atoms with Crippen molar-refractivity contribution in [1.29, 1.82) is 0 Å². The Bertz CT molecular complexity index is 838. The molecule has 0 aliphatic heterocycles. The van der Waals surface area contributed by atoms with Gasteiger partial charge in [0.2, 0.25) is 5.91 Å². The molecular weight excluding hydrogens is 370 g/mol. The molecular formula is C19H18ClN3O2S. The van der Waals surface area contributed by atoms with Crippen LogP contribution in [0.2, 0.25) is 5.02 Å². The second kappa shape index (κ2) is 9.31. The van der Waals surface area contributed by atoms with E-state index in [-0.39, 0.29) is 5.91 Å². The Balaban J connectivity index is 1.39. The molecule has 0 saturated carbocycles. The third-order valence-electron chi connectivity index (χ3n) is 3.58. The SMILES string of the molecule is O=C(Cc1ccc(Cl)cc1)NCCc1csc(COc2cccnc2)n1. The van der Waals surface area contributed by atoms with Crippen molar-refractivity contribution < 1.29 is 9.53 Å². The van der Waals surface area contributed by atoms with Crippen molar-refractivity contribution >= 4 is 28.8 Å². The van der Waals surface area contributed by atoms with E-state index in [0.29, 0.717) is 31.0 Å². The molecule has 0 fully saturated rings. The summed E-state index contributed by atoms with van der Waals surface area (Å²) in [6.07, 6.45) is 4.41. The Morgan fingerprint density at radius 2 is 2.08 bits per heavy atom. The maximum atomic E-state index is 12.0. The number of rotatable bonds is 8. The molecule has 26 heavy (non-hydrogen) atoms. The molecule has 7 heteroatoms. The zero-order chi connectivity index (χ0) is 18.2. The molecule has 0 atom stereocenters. The summed E-state index contributed by atoms with van der Waals surface area (Å²) in [4.78, 5) is 20.5. The quantitative estimate of drug-likeness (QED) is 0.640. The Labute approximate surface area is 161 Å². The maximum absolute atomic E-state index is 12.0.